The van der Waals surface area contributed by atoms with Crippen LogP contribution in [0.25, 0.3) is 0 Å². The standard InChI is InChI=1S/C14H24N2O3/c1-3-8-18-10-15-12-6-5-7-13(17)14(12)16-11-19-9-4-2/h5-7,15-17H,3-4,8-11H2,1-2H3. The highest BCUT2D eigenvalue weighted by Crippen LogP contribution is 2.31. The number of hydrogen-bond acceptors (Lipinski definition) is 5. The number of phenols is 1. The van der Waals surface area contributed by atoms with Crippen LogP contribution in [0, 0.1) is 0 Å². The second-order valence-corrected chi connectivity index (χ2v) is 4.16. The van der Waals surface area contributed by atoms with Crippen molar-refractivity contribution in [3.05, 3.63) is 18.2 Å². The molecule has 5 heteroatoms. The molecule has 0 fully saturated rings. The lowest BCUT2D eigenvalue weighted by atomic mass is 10.2. The Morgan fingerprint density at radius 2 is 1.63 bits per heavy atom. The van der Waals surface area contributed by atoms with Gasteiger partial charge in [-0.3, -0.25) is 0 Å². The molecule has 108 valence electrons. The van der Waals surface area contributed by atoms with Gasteiger partial charge in [-0.25, -0.2) is 0 Å². The number of phenolic OH excluding ortho intramolecular Hbond substituents is 1. The van der Waals surface area contributed by atoms with Crippen LogP contribution in [0.2, 0.25) is 0 Å². The molecule has 0 aliphatic rings. The average Bonchev–Trinajstić information content (AvgIpc) is 2.42. The van der Waals surface area contributed by atoms with E-state index in [0.29, 0.717) is 32.4 Å². The van der Waals surface area contributed by atoms with E-state index in [0.717, 1.165) is 18.5 Å². The number of nitrogens with one attached hydrogen (secondary N) is 2. The summed E-state index contributed by atoms with van der Waals surface area (Å²) in [6.07, 6.45) is 1.95. The normalized spacial score (nSPS) is 10.4. The summed E-state index contributed by atoms with van der Waals surface area (Å²) in [5, 5.41) is 16.0. The molecule has 1 rings (SSSR count). The zero-order valence-electron chi connectivity index (χ0n) is 11.7. The molecule has 0 unspecified atom stereocenters. The van der Waals surface area contributed by atoms with Crippen LogP contribution in [-0.4, -0.2) is 31.8 Å². The van der Waals surface area contributed by atoms with Crippen LogP contribution in [0.5, 0.6) is 5.75 Å². The lowest BCUT2D eigenvalue weighted by Crippen LogP contribution is -2.11. The van der Waals surface area contributed by atoms with Gasteiger partial charge in [0, 0.05) is 13.2 Å². The molecule has 0 radical (unpaired) electrons. The summed E-state index contributed by atoms with van der Waals surface area (Å²) in [5.41, 5.74) is 1.44. The minimum Gasteiger partial charge on any atom is -0.506 e. The van der Waals surface area contributed by atoms with Crippen molar-refractivity contribution in [2.75, 3.05) is 37.3 Å². The number of hydrogen-bond donors (Lipinski definition) is 3. The van der Waals surface area contributed by atoms with E-state index in [1.165, 1.54) is 0 Å². The average molecular weight is 268 g/mol. The Labute approximate surface area is 114 Å². The number of benzene rings is 1. The van der Waals surface area contributed by atoms with E-state index >= 15 is 0 Å². The van der Waals surface area contributed by atoms with Crippen LogP contribution < -0.4 is 10.6 Å². The first-order valence-corrected chi connectivity index (χ1v) is 6.74. The number of rotatable bonds is 10. The van der Waals surface area contributed by atoms with Crippen molar-refractivity contribution >= 4 is 11.4 Å². The Kier molecular flexibility index (Phi) is 7.77. The maximum atomic E-state index is 9.85. The van der Waals surface area contributed by atoms with Crippen LogP contribution >= 0.6 is 0 Å². The van der Waals surface area contributed by atoms with Gasteiger partial charge in [0.1, 0.15) is 24.9 Å². The maximum absolute atomic E-state index is 9.85. The minimum atomic E-state index is 0.195. The summed E-state index contributed by atoms with van der Waals surface area (Å²) in [7, 11) is 0. The molecular weight excluding hydrogens is 244 g/mol. The van der Waals surface area contributed by atoms with E-state index in [1.807, 2.05) is 6.07 Å². The summed E-state index contributed by atoms with van der Waals surface area (Å²) < 4.78 is 10.7. The fraction of sp³-hybridized carbons (Fsp3) is 0.571. The van der Waals surface area contributed by atoms with Gasteiger partial charge in [0.15, 0.2) is 0 Å². The van der Waals surface area contributed by atoms with E-state index in [9.17, 15) is 5.11 Å². The summed E-state index contributed by atoms with van der Waals surface area (Å²) in [6.45, 7) is 6.32. The summed E-state index contributed by atoms with van der Waals surface area (Å²) in [5.74, 6) is 0.195. The number of anilines is 2. The van der Waals surface area contributed by atoms with E-state index in [1.54, 1.807) is 12.1 Å². The first kappa shape index (κ1) is 15.6. The van der Waals surface area contributed by atoms with Crippen LogP contribution in [0.15, 0.2) is 18.2 Å². The predicted octanol–water partition coefficient (Wildman–Crippen LogP) is 2.98. The highest BCUT2D eigenvalue weighted by Gasteiger charge is 2.06. The smallest absolute Gasteiger partial charge is 0.140 e. The molecule has 19 heavy (non-hydrogen) atoms. The topological polar surface area (TPSA) is 62.8 Å². The highest BCUT2D eigenvalue weighted by atomic mass is 16.5. The van der Waals surface area contributed by atoms with Crippen LogP contribution in [0.3, 0.4) is 0 Å². The monoisotopic (exact) mass is 268 g/mol. The van der Waals surface area contributed by atoms with Crippen molar-refractivity contribution in [2.45, 2.75) is 26.7 Å². The molecule has 5 nitrogen and oxygen atoms in total. The molecule has 0 atom stereocenters. The molecule has 0 aliphatic heterocycles. The minimum absolute atomic E-state index is 0.195. The predicted molar refractivity (Wildman–Crippen MR) is 77.6 cm³/mol. The molecular formula is C14H24N2O3. The zero-order valence-corrected chi connectivity index (χ0v) is 11.7. The van der Waals surface area contributed by atoms with Gasteiger partial charge < -0.3 is 25.2 Å². The summed E-state index contributed by atoms with van der Waals surface area (Å²) in [4.78, 5) is 0. The molecule has 0 bridgehead atoms. The Hall–Kier alpha value is -1.46. The molecule has 0 saturated heterocycles. The molecule has 1 aromatic rings. The zero-order chi connectivity index (χ0) is 13.9. The van der Waals surface area contributed by atoms with E-state index < -0.39 is 0 Å². The van der Waals surface area contributed by atoms with E-state index in [2.05, 4.69) is 24.5 Å². The van der Waals surface area contributed by atoms with Gasteiger partial charge in [0.2, 0.25) is 0 Å². The largest absolute Gasteiger partial charge is 0.506 e. The van der Waals surface area contributed by atoms with Crippen molar-refractivity contribution in [1.29, 1.82) is 0 Å². The van der Waals surface area contributed by atoms with Gasteiger partial charge in [0.05, 0.1) is 5.69 Å². The second kappa shape index (κ2) is 9.47. The van der Waals surface area contributed by atoms with Gasteiger partial charge in [-0.2, -0.15) is 0 Å². The van der Waals surface area contributed by atoms with Crippen molar-refractivity contribution in [2.24, 2.45) is 0 Å². The van der Waals surface area contributed by atoms with E-state index in [4.69, 9.17) is 9.47 Å². The molecule has 0 amide bonds. The maximum Gasteiger partial charge on any atom is 0.140 e. The van der Waals surface area contributed by atoms with Gasteiger partial charge in [-0.15, -0.1) is 0 Å². The Balaban J connectivity index is 2.51. The molecule has 0 aliphatic carbocycles. The third-order valence-corrected chi connectivity index (χ3v) is 2.46. The molecule has 0 spiro atoms. The quantitative estimate of drug-likeness (QED) is 0.346. The van der Waals surface area contributed by atoms with E-state index in [-0.39, 0.29) is 5.75 Å². The molecule has 0 saturated carbocycles. The second-order valence-electron chi connectivity index (χ2n) is 4.16. The van der Waals surface area contributed by atoms with Gasteiger partial charge >= 0.3 is 0 Å². The first-order valence-electron chi connectivity index (χ1n) is 6.74. The van der Waals surface area contributed by atoms with Gasteiger partial charge in [-0.1, -0.05) is 19.9 Å². The third-order valence-electron chi connectivity index (χ3n) is 2.46. The van der Waals surface area contributed by atoms with Gasteiger partial charge in [-0.05, 0) is 25.0 Å². The Morgan fingerprint density at radius 3 is 2.26 bits per heavy atom. The first-order chi connectivity index (χ1) is 9.29. The van der Waals surface area contributed by atoms with Gasteiger partial charge in [0.25, 0.3) is 0 Å². The molecule has 0 heterocycles. The highest BCUT2D eigenvalue weighted by molar-refractivity contribution is 5.74. The number of ether oxygens (including phenoxy) is 2. The lowest BCUT2D eigenvalue weighted by Gasteiger charge is -2.15. The number of para-hydroxylation sites is 1. The van der Waals surface area contributed by atoms with Crippen LogP contribution in [-0.2, 0) is 9.47 Å². The molecule has 1 aromatic carbocycles. The van der Waals surface area contributed by atoms with Crippen molar-refractivity contribution < 1.29 is 14.6 Å². The Bertz CT molecular complexity index is 359. The third kappa shape index (κ3) is 5.81. The van der Waals surface area contributed by atoms with Crippen molar-refractivity contribution in [3.63, 3.8) is 0 Å². The molecule has 0 aromatic heterocycles. The van der Waals surface area contributed by atoms with Crippen molar-refractivity contribution in [3.8, 4) is 5.75 Å². The summed E-state index contributed by atoms with van der Waals surface area (Å²) in [6, 6.07) is 5.31. The van der Waals surface area contributed by atoms with Crippen LogP contribution in [0.4, 0.5) is 11.4 Å². The lowest BCUT2D eigenvalue weighted by molar-refractivity contribution is 0.151. The molecule has 3 N–H and O–H groups in total. The number of aromatic hydroxyl groups is 1. The fourth-order valence-corrected chi connectivity index (χ4v) is 1.56. The van der Waals surface area contributed by atoms with Crippen LogP contribution in [0.1, 0.15) is 26.7 Å². The fourth-order valence-electron chi connectivity index (χ4n) is 1.56. The summed E-state index contributed by atoms with van der Waals surface area (Å²) >= 11 is 0. The SMILES string of the molecule is CCCOCNc1cccc(O)c1NCOCCC. The van der Waals surface area contributed by atoms with Crippen molar-refractivity contribution in [1.82, 2.24) is 0 Å². The Morgan fingerprint density at radius 1 is 1.00 bits per heavy atom.